The van der Waals surface area contributed by atoms with E-state index in [2.05, 4.69) is 10.6 Å². The highest BCUT2D eigenvalue weighted by Crippen LogP contribution is 2.13. The molecule has 0 spiro atoms. The van der Waals surface area contributed by atoms with Gasteiger partial charge >= 0.3 is 5.97 Å². The third-order valence-electron chi connectivity index (χ3n) is 4.63. The summed E-state index contributed by atoms with van der Waals surface area (Å²) < 4.78 is 5.18. The maximum atomic E-state index is 12.5. The monoisotopic (exact) mass is 418 g/mol. The predicted molar refractivity (Wildman–Crippen MR) is 115 cm³/mol. The average molecular weight is 418 g/mol. The molecule has 0 atom stereocenters. The lowest BCUT2D eigenvalue weighted by molar-refractivity contribution is 0.0696. The number of methoxy groups -OCH3 is 1. The molecular formula is C24H22N2O5. The van der Waals surface area contributed by atoms with Gasteiger partial charge in [-0.3, -0.25) is 9.59 Å². The van der Waals surface area contributed by atoms with Gasteiger partial charge in [0.05, 0.1) is 12.7 Å². The quantitative estimate of drug-likeness (QED) is 0.521. The van der Waals surface area contributed by atoms with E-state index in [1.165, 1.54) is 18.2 Å². The topological polar surface area (TPSA) is 105 Å². The van der Waals surface area contributed by atoms with Crippen LogP contribution in [0.1, 0.15) is 42.2 Å². The van der Waals surface area contributed by atoms with Crippen LogP contribution in [0.5, 0.6) is 5.75 Å². The van der Waals surface area contributed by atoms with Gasteiger partial charge in [-0.1, -0.05) is 30.3 Å². The van der Waals surface area contributed by atoms with E-state index in [0.717, 1.165) is 11.1 Å². The van der Waals surface area contributed by atoms with Crippen LogP contribution in [0, 0.1) is 0 Å². The summed E-state index contributed by atoms with van der Waals surface area (Å²) in [6.07, 6.45) is 0. The molecule has 0 aliphatic heterocycles. The summed E-state index contributed by atoms with van der Waals surface area (Å²) in [6, 6.07) is 20.1. The summed E-state index contributed by atoms with van der Waals surface area (Å²) in [4.78, 5) is 35.9. The van der Waals surface area contributed by atoms with Crippen molar-refractivity contribution in [3.05, 3.63) is 101 Å². The highest BCUT2D eigenvalue weighted by atomic mass is 16.5. The number of carbonyl (C=O) groups is 3. The maximum absolute atomic E-state index is 12.5. The summed E-state index contributed by atoms with van der Waals surface area (Å²) in [5, 5.41) is 14.5. The lowest BCUT2D eigenvalue weighted by atomic mass is 10.1. The number of benzene rings is 3. The van der Waals surface area contributed by atoms with Crippen LogP contribution in [0.15, 0.2) is 72.8 Å². The Bertz CT molecular complexity index is 1090. The smallest absolute Gasteiger partial charge is 0.335 e. The molecule has 3 N–H and O–H groups in total. The molecule has 0 aliphatic carbocycles. The van der Waals surface area contributed by atoms with Crippen LogP contribution >= 0.6 is 0 Å². The first-order valence-electron chi connectivity index (χ1n) is 9.58. The number of ether oxygens (including phenoxy) is 1. The van der Waals surface area contributed by atoms with E-state index < -0.39 is 5.97 Å². The van der Waals surface area contributed by atoms with Gasteiger partial charge in [-0.05, 0) is 53.6 Å². The first kappa shape index (κ1) is 21.6. The van der Waals surface area contributed by atoms with Gasteiger partial charge in [-0.2, -0.15) is 0 Å². The molecule has 0 aromatic heterocycles. The van der Waals surface area contributed by atoms with Crippen LogP contribution in [0.3, 0.4) is 0 Å². The van der Waals surface area contributed by atoms with Crippen molar-refractivity contribution in [3.8, 4) is 5.75 Å². The average Bonchev–Trinajstić information content (AvgIpc) is 2.81. The van der Waals surface area contributed by atoms with Gasteiger partial charge < -0.3 is 20.5 Å². The van der Waals surface area contributed by atoms with Gasteiger partial charge in [-0.15, -0.1) is 0 Å². The second-order valence-corrected chi connectivity index (χ2v) is 6.80. The Balaban J connectivity index is 1.58. The maximum Gasteiger partial charge on any atom is 0.335 e. The highest BCUT2D eigenvalue weighted by molar-refractivity contribution is 5.99. The number of hydrogen-bond acceptors (Lipinski definition) is 4. The zero-order valence-electron chi connectivity index (χ0n) is 16.9. The number of amides is 2. The summed E-state index contributed by atoms with van der Waals surface area (Å²) in [7, 11) is 1.58. The first-order chi connectivity index (χ1) is 15.0. The van der Waals surface area contributed by atoms with Gasteiger partial charge in [0.15, 0.2) is 0 Å². The van der Waals surface area contributed by atoms with Crippen molar-refractivity contribution in [3.63, 3.8) is 0 Å². The molecule has 0 fully saturated rings. The minimum Gasteiger partial charge on any atom is -0.497 e. The van der Waals surface area contributed by atoms with Crippen LogP contribution in [0.25, 0.3) is 0 Å². The fraction of sp³-hybridized carbons (Fsp3) is 0.125. The number of rotatable bonds is 8. The third-order valence-corrected chi connectivity index (χ3v) is 4.63. The molecular weight excluding hydrogens is 396 g/mol. The van der Waals surface area contributed by atoms with E-state index in [1.54, 1.807) is 37.4 Å². The lowest BCUT2D eigenvalue weighted by Crippen LogP contribution is -2.25. The second kappa shape index (κ2) is 10.1. The Morgan fingerprint density at radius 1 is 0.742 bits per heavy atom. The van der Waals surface area contributed by atoms with E-state index in [4.69, 9.17) is 9.84 Å². The third kappa shape index (κ3) is 5.93. The van der Waals surface area contributed by atoms with Crippen LogP contribution in [-0.4, -0.2) is 30.0 Å². The molecule has 0 radical (unpaired) electrons. The summed E-state index contributed by atoms with van der Waals surface area (Å²) in [5.74, 6) is -0.911. The summed E-state index contributed by atoms with van der Waals surface area (Å²) >= 11 is 0. The Labute approximate surface area is 179 Å². The van der Waals surface area contributed by atoms with Crippen molar-refractivity contribution >= 4 is 17.8 Å². The molecule has 7 nitrogen and oxygen atoms in total. The normalized spacial score (nSPS) is 10.2. The minimum absolute atomic E-state index is 0.183. The molecule has 158 valence electrons. The van der Waals surface area contributed by atoms with Gasteiger partial charge in [0.25, 0.3) is 11.8 Å². The van der Waals surface area contributed by atoms with Crippen molar-refractivity contribution in [2.24, 2.45) is 0 Å². The first-order valence-corrected chi connectivity index (χ1v) is 9.58. The number of carbonyl (C=O) groups excluding carboxylic acids is 2. The zero-order chi connectivity index (χ0) is 22.2. The molecule has 0 saturated carbocycles. The number of carboxylic acids is 1. The molecule has 0 heterocycles. The van der Waals surface area contributed by atoms with Crippen LogP contribution in [0.4, 0.5) is 0 Å². The van der Waals surface area contributed by atoms with Gasteiger partial charge in [0.1, 0.15) is 5.75 Å². The van der Waals surface area contributed by atoms with Crippen molar-refractivity contribution in [2.75, 3.05) is 7.11 Å². The van der Waals surface area contributed by atoms with Crippen LogP contribution < -0.4 is 15.4 Å². The van der Waals surface area contributed by atoms with E-state index in [0.29, 0.717) is 23.4 Å². The molecule has 3 aromatic rings. The second-order valence-electron chi connectivity index (χ2n) is 6.80. The fourth-order valence-corrected chi connectivity index (χ4v) is 2.92. The zero-order valence-corrected chi connectivity index (χ0v) is 16.9. The largest absolute Gasteiger partial charge is 0.497 e. The molecule has 0 aliphatic rings. The van der Waals surface area contributed by atoms with Crippen molar-refractivity contribution in [1.29, 1.82) is 0 Å². The van der Waals surface area contributed by atoms with Crippen molar-refractivity contribution in [1.82, 2.24) is 10.6 Å². The molecule has 0 saturated heterocycles. The van der Waals surface area contributed by atoms with E-state index in [1.807, 2.05) is 24.3 Å². The minimum atomic E-state index is -1.00. The van der Waals surface area contributed by atoms with Crippen molar-refractivity contribution in [2.45, 2.75) is 13.1 Å². The van der Waals surface area contributed by atoms with Crippen molar-refractivity contribution < 1.29 is 24.2 Å². The molecule has 3 aromatic carbocycles. The van der Waals surface area contributed by atoms with E-state index in [-0.39, 0.29) is 23.9 Å². The SMILES string of the molecule is COc1cccc(CNC(=O)c2cccc(C(=O)NCc3ccc(C(=O)O)cc3)c2)c1. The Morgan fingerprint density at radius 2 is 1.32 bits per heavy atom. The van der Waals surface area contributed by atoms with Crippen LogP contribution in [-0.2, 0) is 13.1 Å². The van der Waals surface area contributed by atoms with Gasteiger partial charge in [0.2, 0.25) is 0 Å². The van der Waals surface area contributed by atoms with Gasteiger partial charge in [0, 0.05) is 24.2 Å². The molecule has 0 unspecified atom stereocenters. The fourth-order valence-electron chi connectivity index (χ4n) is 2.92. The summed E-state index contributed by atoms with van der Waals surface area (Å²) in [5.41, 5.74) is 2.58. The lowest BCUT2D eigenvalue weighted by Gasteiger charge is -2.09. The summed E-state index contributed by atoms with van der Waals surface area (Å²) in [6.45, 7) is 0.573. The molecule has 0 bridgehead atoms. The number of aromatic carboxylic acids is 1. The van der Waals surface area contributed by atoms with E-state index in [9.17, 15) is 14.4 Å². The van der Waals surface area contributed by atoms with Gasteiger partial charge in [-0.25, -0.2) is 4.79 Å². The number of nitrogens with one attached hydrogen (secondary N) is 2. The highest BCUT2D eigenvalue weighted by Gasteiger charge is 2.11. The Hall–Kier alpha value is -4.13. The molecule has 7 heteroatoms. The Morgan fingerprint density at radius 3 is 1.90 bits per heavy atom. The standard InChI is InChI=1S/C24H22N2O5/c1-31-21-7-2-4-17(12-21)15-26-23(28)20-6-3-5-19(13-20)22(27)25-14-16-8-10-18(11-9-16)24(29)30/h2-13H,14-15H2,1H3,(H,25,27)(H,26,28)(H,29,30). The van der Waals surface area contributed by atoms with E-state index >= 15 is 0 Å². The number of hydrogen-bond donors (Lipinski definition) is 3. The molecule has 2 amide bonds. The number of carboxylic acid groups (broad SMARTS) is 1. The van der Waals surface area contributed by atoms with Crippen LogP contribution in [0.2, 0.25) is 0 Å². The predicted octanol–water partition coefficient (Wildman–Crippen LogP) is 3.25. The molecule has 31 heavy (non-hydrogen) atoms. The Kier molecular flexibility index (Phi) is 7.01. The molecule has 3 rings (SSSR count).